The largest absolute Gasteiger partial charge is 0.369 e. The fraction of sp³-hybridized carbons (Fsp3) is 0.476. The second-order valence-corrected chi connectivity index (χ2v) is 8.08. The molecule has 0 aliphatic carbocycles. The molecule has 1 fully saturated rings. The highest BCUT2D eigenvalue weighted by molar-refractivity contribution is 5.76. The summed E-state index contributed by atoms with van der Waals surface area (Å²) in [6, 6.07) is 5.16. The van der Waals surface area contributed by atoms with Crippen LogP contribution in [0.15, 0.2) is 41.6 Å². The van der Waals surface area contributed by atoms with Crippen LogP contribution in [0.5, 0.6) is 0 Å². The average Bonchev–Trinajstić information content (AvgIpc) is 2.73. The van der Waals surface area contributed by atoms with Crippen LogP contribution in [-0.4, -0.2) is 57.4 Å². The zero-order valence-electron chi connectivity index (χ0n) is 16.7. The lowest BCUT2D eigenvalue weighted by molar-refractivity contribution is -0.121. The first-order chi connectivity index (χ1) is 14.5. The van der Waals surface area contributed by atoms with E-state index >= 15 is 0 Å². The van der Waals surface area contributed by atoms with E-state index in [1.807, 2.05) is 10.6 Å². The summed E-state index contributed by atoms with van der Waals surface area (Å²) in [5, 5.41) is 2.99. The van der Waals surface area contributed by atoms with E-state index in [1.165, 1.54) is 0 Å². The predicted octanol–water partition coefficient (Wildman–Crippen LogP) is -0.167. The Balaban J connectivity index is 1.47. The molecule has 1 saturated heterocycles. The normalized spacial score (nSPS) is 22.9. The molecule has 158 valence electrons. The van der Waals surface area contributed by atoms with Gasteiger partial charge >= 0.3 is 0 Å². The number of amides is 2. The summed E-state index contributed by atoms with van der Waals surface area (Å²) in [4.78, 5) is 46.8. The number of carbonyl (C=O) groups is 2. The number of hydrogen-bond acceptors (Lipinski definition) is 6. The van der Waals surface area contributed by atoms with Gasteiger partial charge < -0.3 is 15.6 Å². The van der Waals surface area contributed by atoms with E-state index in [0.717, 1.165) is 17.8 Å². The number of carbonyl (C=O) groups excluding carboxylic acids is 2. The van der Waals surface area contributed by atoms with E-state index in [2.05, 4.69) is 20.2 Å². The zero-order valence-corrected chi connectivity index (χ0v) is 16.7. The van der Waals surface area contributed by atoms with Crippen LogP contribution in [0.25, 0.3) is 0 Å². The number of aryl methyl sites for hydroxylation is 1. The molecule has 0 aromatic carbocycles. The molecule has 0 radical (unpaired) electrons. The maximum absolute atomic E-state index is 12.7. The van der Waals surface area contributed by atoms with E-state index in [-0.39, 0.29) is 41.8 Å². The fourth-order valence-electron chi connectivity index (χ4n) is 4.76. The summed E-state index contributed by atoms with van der Waals surface area (Å²) in [5.74, 6) is -0.0935. The Morgan fingerprint density at radius 1 is 1.23 bits per heavy atom. The zero-order chi connectivity index (χ0) is 21.1. The van der Waals surface area contributed by atoms with Crippen molar-refractivity contribution in [3.63, 3.8) is 0 Å². The average molecular weight is 410 g/mol. The number of nitrogens with one attached hydrogen (secondary N) is 1. The van der Waals surface area contributed by atoms with Gasteiger partial charge in [-0.15, -0.1) is 0 Å². The van der Waals surface area contributed by atoms with Crippen LogP contribution in [0.1, 0.15) is 36.2 Å². The van der Waals surface area contributed by atoms with Crippen molar-refractivity contribution >= 4 is 11.8 Å². The molecule has 3 N–H and O–H groups in total. The SMILES string of the molecule is NC(=O)CN1C[C@H]2C[C@@H](C1)[C@H](CNC(=O)CCc1cnccn1)n1c2cccc1=O. The minimum Gasteiger partial charge on any atom is -0.369 e. The van der Waals surface area contributed by atoms with Crippen LogP contribution in [0.2, 0.25) is 0 Å². The second-order valence-electron chi connectivity index (χ2n) is 8.08. The monoisotopic (exact) mass is 410 g/mol. The van der Waals surface area contributed by atoms with Crippen molar-refractivity contribution in [1.29, 1.82) is 0 Å². The van der Waals surface area contributed by atoms with Crippen LogP contribution < -0.4 is 16.6 Å². The van der Waals surface area contributed by atoms with Crippen molar-refractivity contribution in [2.75, 3.05) is 26.2 Å². The molecule has 2 aromatic rings. The Hall–Kier alpha value is -3.07. The first-order valence-electron chi connectivity index (χ1n) is 10.2. The van der Waals surface area contributed by atoms with Crippen molar-refractivity contribution < 1.29 is 9.59 Å². The molecule has 9 heteroatoms. The van der Waals surface area contributed by atoms with Crippen molar-refractivity contribution in [2.24, 2.45) is 11.7 Å². The Morgan fingerprint density at radius 3 is 2.87 bits per heavy atom. The first kappa shape index (κ1) is 20.2. The van der Waals surface area contributed by atoms with Crippen LogP contribution >= 0.6 is 0 Å². The number of rotatable bonds is 7. The topological polar surface area (TPSA) is 123 Å². The van der Waals surface area contributed by atoms with Crippen molar-refractivity contribution in [2.45, 2.75) is 31.2 Å². The molecular formula is C21H26N6O3. The molecule has 2 bridgehead atoms. The number of fused-ring (bicyclic) bond motifs is 4. The molecule has 4 rings (SSSR count). The highest BCUT2D eigenvalue weighted by atomic mass is 16.2. The van der Waals surface area contributed by atoms with E-state index in [0.29, 0.717) is 32.5 Å². The minimum atomic E-state index is -0.353. The Labute approximate surface area is 174 Å². The van der Waals surface area contributed by atoms with Gasteiger partial charge in [-0.2, -0.15) is 0 Å². The van der Waals surface area contributed by atoms with Crippen molar-refractivity contribution in [3.05, 3.63) is 58.5 Å². The Bertz CT molecular complexity index is 976. The number of primary amides is 1. The Morgan fingerprint density at radius 2 is 2.10 bits per heavy atom. The standard InChI is InChI=1S/C21H26N6O3/c22-19(28)13-26-11-14-8-15(12-26)18(27-17(14)2-1-3-21(27)30)10-25-20(29)5-4-16-9-23-6-7-24-16/h1-3,6-7,9,14-15,18H,4-5,8,10-13H2,(H2,22,28)(H,25,29)/t14-,15+,18+/m1/s1. The summed E-state index contributed by atoms with van der Waals surface area (Å²) < 4.78 is 1.84. The van der Waals surface area contributed by atoms with Crippen LogP contribution in [-0.2, 0) is 16.0 Å². The lowest BCUT2D eigenvalue weighted by Crippen LogP contribution is -2.53. The molecule has 3 atom stereocenters. The first-order valence-corrected chi connectivity index (χ1v) is 10.2. The van der Waals surface area contributed by atoms with Gasteiger partial charge in [0.05, 0.1) is 18.3 Å². The summed E-state index contributed by atoms with van der Waals surface area (Å²) in [5.41, 5.74) is 7.09. The molecule has 0 unspecified atom stereocenters. The smallest absolute Gasteiger partial charge is 0.251 e. The van der Waals surface area contributed by atoms with E-state index in [4.69, 9.17) is 5.73 Å². The molecule has 2 aliphatic heterocycles. The third-order valence-corrected chi connectivity index (χ3v) is 5.99. The Kier molecular flexibility index (Phi) is 5.89. The fourth-order valence-corrected chi connectivity index (χ4v) is 4.76. The molecular weight excluding hydrogens is 384 g/mol. The van der Waals surface area contributed by atoms with Gasteiger partial charge in [0.2, 0.25) is 11.8 Å². The highest BCUT2D eigenvalue weighted by Gasteiger charge is 2.40. The lowest BCUT2D eigenvalue weighted by Gasteiger charge is -2.46. The van der Waals surface area contributed by atoms with Gasteiger partial charge in [0.15, 0.2) is 0 Å². The molecule has 2 aromatic heterocycles. The third-order valence-electron chi connectivity index (χ3n) is 5.99. The van der Waals surface area contributed by atoms with E-state index < -0.39 is 0 Å². The van der Waals surface area contributed by atoms with Crippen LogP contribution in [0, 0.1) is 5.92 Å². The number of aromatic nitrogens is 3. The molecule has 30 heavy (non-hydrogen) atoms. The molecule has 2 aliphatic rings. The van der Waals surface area contributed by atoms with Crippen LogP contribution in [0.3, 0.4) is 0 Å². The predicted molar refractivity (Wildman–Crippen MR) is 110 cm³/mol. The van der Waals surface area contributed by atoms with Crippen molar-refractivity contribution in [1.82, 2.24) is 24.8 Å². The lowest BCUT2D eigenvalue weighted by atomic mass is 9.78. The molecule has 0 spiro atoms. The molecule has 2 amide bonds. The van der Waals surface area contributed by atoms with Gasteiger partial charge in [-0.1, -0.05) is 6.07 Å². The minimum absolute atomic E-state index is 0.0515. The van der Waals surface area contributed by atoms with Crippen LogP contribution in [0.4, 0.5) is 0 Å². The van der Waals surface area contributed by atoms with Gasteiger partial charge in [-0.25, -0.2) is 0 Å². The summed E-state index contributed by atoms with van der Waals surface area (Å²) in [7, 11) is 0. The highest BCUT2D eigenvalue weighted by Crippen LogP contribution is 2.40. The van der Waals surface area contributed by atoms with Gasteiger partial charge in [-0.3, -0.25) is 29.3 Å². The van der Waals surface area contributed by atoms with Crippen molar-refractivity contribution in [3.8, 4) is 0 Å². The number of likely N-dealkylation sites (tertiary alicyclic amines) is 1. The third kappa shape index (κ3) is 4.40. The maximum atomic E-state index is 12.7. The van der Waals surface area contributed by atoms with Gasteiger partial charge in [0.25, 0.3) is 5.56 Å². The number of nitrogens with zero attached hydrogens (tertiary/aromatic N) is 4. The number of piperidine rings is 1. The van der Waals surface area contributed by atoms with E-state index in [1.54, 1.807) is 30.7 Å². The maximum Gasteiger partial charge on any atom is 0.251 e. The van der Waals surface area contributed by atoms with E-state index in [9.17, 15) is 14.4 Å². The number of hydrogen-bond donors (Lipinski definition) is 2. The quantitative estimate of drug-likeness (QED) is 0.653. The number of pyridine rings is 1. The van der Waals surface area contributed by atoms with Gasteiger partial charge in [-0.05, 0) is 24.8 Å². The summed E-state index contributed by atoms with van der Waals surface area (Å²) >= 11 is 0. The number of nitrogens with two attached hydrogens (primary N) is 1. The van der Waals surface area contributed by atoms with Gasteiger partial charge in [0, 0.05) is 62.3 Å². The summed E-state index contributed by atoms with van der Waals surface area (Å²) in [6.07, 6.45) is 6.61. The molecule has 4 heterocycles. The second kappa shape index (κ2) is 8.74. The van der Waals surface area contributed by atoms with Gasteiger partial charge in [0.1, 0.15) is 0 Å². The molecule has 0 saturated carbocycles. The summed E-state index contributed by atoms with van der Waals surface area (Å²) in [6.45, 7) is 1.97. The molecule has 9 nitrogen and oxygen atoms in total.